The molecule has 3 aromatic carbocycles. The van der Waals surface area contributed by atoms with Gasteiger partial charge >= 0.3 is 5.97 Å². The van der Waals surface area contributed by atoms with Gasteiger partial charge in [0.1, 0.15) is 5.75 Å². The van der Waals surface area contributed by atoms with Gasteiger partial charge in [-0.25, -0.2) is 4.79 Å². The second-order valence-electron chi connectivity index (χ2n) is 7.92. The molecule has 3 atom stereocenters. The van der Waals surface area contributed by atoms with Crippen molar-refractivity contribution in [1.82, 2.24) is 5.32 Å². The van der Waals surface area contributed by atoms with Gasteiger partial charge in [-0.1, -0.05) is 54.6 Å². The van der Waals surface area contributed by atoms with Crippen LogP contribution in [0.15, 0.2) is 66.7 Å². The molecule has 0 aliphatic heterocycles. The van der Waals surface area contributed by atoms with Crippen molar-refractivity contribution in [2.75, 3.05) is 6.61 Å². The fourth-order valence-electron chi connectivity index (χ4n) is 4.51. The van der Waals surface area contributed by atoms with Gasteiger partial charge < -0.3 is 15.2 Å². The van der Waals surface area contributed by atoms with Gasteiger partial charge in [0.15, 0.2) is 6.61 Å². The lowest BCUT2D eigenvalue weighted by Crippen LogP contribution is -2.29. The van der Waals surface area contributed by atoms with E-state index in [1.54, 1.807) is 0 Å². The first kappa shape index (κ1) is 19.5. The molecule has 2 N–H and O–H groups in total. The third kappa shape index (κ3) is 4.60. The molecule has 29 heavy (non-hydrogen) atoms. The summed E-state index contributed by atoms with van der Waals surface area (Å²) in [6, 6.07) is 23.7. The van der Waals surface area contributed by atoms with Gasteiger partial charge in [-0.15, -0.1) is 0 Å². The summed E-state index contributed by atoms with van der Waals surface area (Å²) in [5, 5.41) is 15.2. The number of fused-ring (bicyclic) bond motifs is 1. The molecule has 150 valence electrons. The molecule has 4 rings (SSSR count). The minimum absolute atomic E-state index is 0.287. The highest BCUT2D eigenvalue weighted by molar-refractivity contribution is 5.86. The molecule has 0 heterocycles. The van der Waals surface area contributed by atoms with E-state index in [-0.39, 0.29) is 12.6 Å². The number of hydrogen-bond donors (Lipinski definition) is 2. The van der Waals surface area contributed by atoms with Crippen molar-refractivity contribution >= 4 is 16.7 Å². The zero-order valence-electron chi connectivity index (χ0n) is 16.7. The van der Waals surface area contributed by atoms with Gasteiger partial charge in [-0.2, -0.15) is 0 Å². The number of carboxylic acids is 1. The quantitative estimate of drug-likeness (QED) is 0.576. The van der Waals surface area contributed by atoms with Crippen LogP contribution in [0.3, 0.4) is 0 Å². The molecule has 2 unspecified atom stereocenters. The van der Waals surface area contributed by atoms with E-state index in [0.717, 1.165) is 19.3 Å². The van der Waals surface area contributed by atoms with Crippen molar-refractivity contribution in [2.24, 2.45) is 0 Å². The first-order valence-electron chi connectivity index (χ1n) is 10.3. The smallest absolute Gasteiger partial charge is 0.341 e. The van der Waals surface area contributed by atoms with Crippen LogP contribution in [-0.2, 0) is 4.79 Å². The van der Waals surface area contributed by atoms with Crippen molar-refractivity contribution in [3.63, 3.8) is 0 Å². The molecule has 0 spiro atoms. The molecule has 1 aliphatic rings. The highest BCUT2D eigenvalue weighted by atomic mass is 16.5. The lowest BCUT2D eigenvalue weighted by Gasteiger charge is -2.21. The highest BCUT2D eigenvalue weighted by Gasteiger charge is 2.27. The molecule has 4 nitrogen and oxygen atoms in total. The Morgan fingerprint density at radius 2 is 1.90 bits per heavy atom. The summed E-state index contributed by atoms with van der Waals surface area (Å²) in [6.07, 6.45) is 3.35. The van der Waals surface area contributed by atoms with Crippen molar-refractivity contribution in [1.29, 1.82) is 0 Å². The number of ether oxygens (including phenoxy) is 1. The SMILES string of the molecule is CC(NC1CC[C@@H](c2cccc(OCC(=O)O)c2)C1)c1cccc2ccccc12. The number of rotatable bonds is 7. The summed E-state index contributed by atoms with van der Waals surface area (Å²) in [5.41, 5.74) is 2.57. The number of nitrogens with one attached hydrogen (secondary N) is 1. The van der Waals surface area contributed by atoms with Crippen LogP contribution in [0.2, 0.25) is 0 Å². The highest BCUT2D eigenvalue weighted by Crippen LogP contribution is 2.37. The first-order chi connectivity index (χ1) is 14.1. The molecule has 3 aromatic rings. The van der Waals surface area contributed by atoms with Gasteiger partial charge in [0.05, 0.1) is 0 Å². The Kier molecular flexibility index (Phi) is 5.81. The zero-order chi connectivity index (χ0) is 20.2. The molecular weight excluding hydrogens is 362 g/mol. The Labute approximate surface area is 171 Å². The van der Waals surface area contributed by atoms with E-state index >= 15 is 0 Å². The normalized spacial score (nSPS) is 19.9. The summed E-state index contributed by atoms with van der Waals surface area (Å²) in [6.45, 7) is 1.94. The van der Waals surface area contributed by atoms with Crippen LogP contribution in [0.1, 0.15) is 49.3 Å². The maximum absolute atomic E-state index is 10.7. The predicted octanol–water partition coefficient (Wildman–Crippen LogP) is 5.29. The van der Waals surface area contributed by atoms with Crippen LogP contribution in [0, 0.1) is 0 Å². The fourth-order valence-corrected chi connectivity index (χ4v) is 4.51. The lowest BCUT2D eigenvalue weighted by atomic mass is 9.96. The molecule has 1 saturated carbocycles. The summed E-state index contributed by atoms with van der Waals surface area (Å²) in [4.78, 5) is 10.7. The Balaban J connectivity index is 1.41. The Bertz CT molecular complexity index is 995. The van der Waals surface area contributed by atoms with Gasteiger partial charge in [-0.05, 0) is 66.1 Å². The molecule has 0 aromatic heterocycles. The summed E-state index contributed by atoms with van der Waals surface area (Å²) in [5.74, 6) is 0.147. The Morgan fingerprint density at radius 3 is 2.76 bits per heavy atom. The molecule has 0 amide bonds. The van der Waals surface area contributed by atoms with Crippen LogP contribution >= 0.6 is 0 Å². The van der Waals surface area contributed by atoms with Crippen LogP contribution in [-0.4, -0.2) is 23.7 Å². The van der Waals surface area contributed by atoms with Crippen LogP contribution < -0.4 is 10.1 Å². The molecule has 1 fully saturated rings. The predicted molar refractivity (Wildman–Crippen MR) is 115 cm³/mol. The third-order valence-electron chi connectivity index (χ3n) is 5.90. The topological polar surface area (TPSA) is 58.6 Å². The van der Waals surface area contributed by atoms with E-state index < -0.39 is 5.97 Å². The van der Waals surface area contributed by atoms with Crippen LogP contribution in [0.5, 0.6) is 5.75 Å². The molecule has 0 radical (unpaired) electrons. The van der Waals surface area contributed by atoms with Crippen molar-refractivity contribution < 1.29 is 14.6 Å². The van der Waals surface area contributed by atoms with E-state index in [1.807, 2.05) is 18.2 Å². The Morgan fingerprint density at radius 1 is 1.10 bits per heavy atom. The monoisotopic (exact) mass is 389 g/mol. The van der Waals surface area contributed by atoms with E-state index in [0.29, 0.717) is 17.7 Å². The van der Waals surface area contributed by atoms with Crippen molar-refractivity contribution in [3.8, 4) is 5.75 Å². The summed E-state index contributed by atoms with van der Waals surface area (Å²) >= 11 is 0. The fraction of sp³-hybridized carbons (Fsp3) is 0.320. The number of aliphatic carboxylic acids is 1. The summed E-state index contributed by atoms with van der Waals surface area (Å²) in [7, 11) is 0. The number of hydrogen-bond acceptors (Lipinski definition) is 3. The summed E-state index contributed by atoms with van der Waals surface area (Å²) < 4.78 is 5.34. The maximum atomic E-state index is 10.7. The van der Waals surface area contributed by atoms with Gasteiger partial charge in [-0.3, -0.25) is 0 Å². The van der Waals surface area contributed by atoms with E-state index in [4.69, 9.17) is 9.84 Å². The molecule has 1 aliphatic carbocycles. The second kappa shape index (κ2) is 8.66. The largest absolute Gasteiger partial charge is 0.482 e. The van der Waals surface area contributed by atoms with Gasteiger partial charge in [0.25, 0.3) is 0 Å². The standard InChI is InChI=1S/C25H27NO3/c1-17(23-11-5-7-18-6-2-3-10-24(18)23)26-21-13-12-20(14-21)19-8-4-9-22(15-19)29-16-25(27)28/h2-11,15,17,20-21,26H,12-14,16H2,1H3,(H,27,28)/t17?,20-,21?/m1/s1. The molecule has 4 heteroatoms. The van der Waals surface area contributed by atoms with Gasteiger partial charge in [0, 0.05) is 12.1 Å². The number of benzene rings is 3. The lowest BCUT2D eigenvalue weighted by molar-refractivity contribution is -0.139. The third-order valence-corrected chi connectivity index (χ3v) is 5.90. The molecular formula is C25H27NO3. The Hall–Kier alpha value is -2.85. The first-order valence-corrected chi connectivity index (χ1v) is 10.3. The van der Waals surface area contributed by atoms with Crippen LogP contribution in [0.4, 0.5) is 0 Å². The second-order valence-corrected chi connectivity index (χ2v) is 7.92. The molecule has 0 bridgehead atoms. The molecule has 0 saturated heterocycles. The van der Waals surface area contributed by atoms with E-state index in [9.17, 15) is 4.79 Å². The average Bonchev–Trinajstić information content (AvgIpc) is 3.20. The maximum Gasteiger partial charge on any atom is 0.341 e. The van der Waals surface area contributed by atoms with Crippen LogP contribution in [0.25, 0.3) is 10.8 Å². The van der Waals surface area contributed by atoms with Crippen molar-refractivity contribution in [2.45, 2.75) is 44.2 Å². The minimum Gasteiger partial charge on any atom is -0.482 e. The number of carbonyl (C=O) groups is 1. The number of carboxylic acid groups (broad SMARTS) is 1. The minimum atomic E-state index is -0.956. The van der Waals surface area contributed by atoms with Gasteiger partial charge in [0.2, 0.25) is 0 Å². The van der Waals surface area contributed by atoms with Crippen molar-refractivity contribution in [3.05, 3.63) is 77.9 Å². The van der Waals surface area contributed by atoms with E-state index in [1.165, 1.54) is 21.9 Å². The average molecular weight is 389 g/mol. The zero-order valence-corrected chi connectivity index (χ0v) is 16.7. The van der Waals surface area contributed by atoms with E-state index in [2.05, 4.69) is 60.8 Å².